The van der Waals surface area contributed by atoms with E-state index in [-0.39, 0.29) is 29.4 Å². The Hall–Kier alpha value is -2.14. The van der Waals surface area contributed by atoms with Crippen molar-refractivity contribution in [2.75, 3.05) is 13.2 Å². The van der Waals surface area contributed by atoms with Crippen molar-refractivity contribution in [2.45, 2.75) is 71.9 Å². The van der Waals surface area contributed by atoms with Crippen molar-refractivity contribution in [1.29, 1.82) is 0 Å². The van der Waals surface area contributed by atoms with Crippen LogP contribution in [-0.2, 0) is 21.4 Å². The van der Waals surface area contributed by atoms with Crippen molar-refractivity contribution in [3.8, 4) is 11.5 Å². The van der Waals surface area contributed by atoms with E-state index in [2.05, 4.69) is 37.9 Å². The lowest BCUT2D eigenvalue weighted by atomic mass is 9.87. The minimum absolute atomic E-state index is 0.0484. The predicted molar refractivity (Wildman–Crippen MR) is 110 cm³/mol. The number of ether oxygens (including phenoxy) is 1. The van der Waals surface area contributed by atoms with Crippen LogP contribution < -0.4 is 0 Å². The van der Waals surface area contributed by atoms with Crippen molar-refractivity contribution < 1.29 is 13.9 Å². The number of carbonyl (C=O) groups excluding carboxylic acids is 1. The highest BCUT2D eigenvalue weighted by Gasteiger charge is 2.37. The van der Waals surface area contributed by atoms with E-state index in [1.807, 2.05) is 44.7 Å². The Labute approximate surface area is 168 Å². The number of aromatic nitrogens is 1. The summed E-state index contributed by atoms with van der Waals surface area (Å²) in [5.74, 6) is 1.32. The van der Waals surface area contributed by atoms with Gasteiger partial charge in [0.25, 0.3) is 0 Å². The van der Waals surface area contributed by atoms with Crippen molar-refractivity contribution in [3.05, 3.63) is 41.3 Å². The number of oxazole rings is 1. The minimum Gasteiger partial charge on any atom is -0.441 e. The molecule has 0 aliphatic carbocycles. The Morgan fingerprint density at radius 1 is 1.25 bits per heavy atom. The fraction of sp³-hybridized carbons (Fsp3) is 0.565. The summed E-state index contributed by atoms with van der Waals surface area (Å²) in [6, 6.07) is 8.28. The molecule has 1 saturated heterocycles. The molecule has 1 unspecified atom stereocenters. The van der Waals surface area contributed by atoms with Crippen LogP contribution in [0.5, 0.6) is 0 Å². The van der Waals surface area contributed by atoms with Gasteiger partial charge >= 0.3 is 0 Å². The molecule has 28 heavy (non-hydrogen) atoms. The van der Waals surface area contributed by atoms with Crippen LogP contribution in [0.2, 0.25) is 0 Å². The zero-order valence-corrected chi connectivity index (χ0v) is 18.1. The van der Waals surface area contributed by atoms with Gasteiger partial charge in [0.05, 0.1) is 30.4 Å². The fourth-order valence-corrected chi connectivity index (χ4v) is 3.49. The second kappa shape index (κ2) is 7.36. The van der Waals surface area contributed by atoms with Gasteiger partial charge in [-0.25, -0.2) is 4.98 Å². The Bertz CT molecular complexity index is 844. The molecule has 1 aromatic heterocycles. The first kappa shape index (κ1) is 20.6. The van der Waals surface area contributed by atoms with Gasteiger partial charge in [0.1, 0.15) is 5.76 Å². The lowest BCUT2D eigenvalue weighted by Crippen LogP contribution is -2.58. The number of rotatable bonds is 3. The third-order valence-corrected chi connectivity index (χ3v) is 5.40. The third kappa shape index (κ3) is 4.30. The topological polar surface area (TPSA) is 55.6 Å². The van der Waals surface area contributed by atoms with E-state index in [9.17, 15) is 4.79 Å². The SMILES string of the molecule is Cc1oc(-c2ccc(C(C)(C)C)cc2)nc1CC(=O)N1CC(C)OCC1(C)C. The van der Waals surface area contributed by atoms with Crippen molar-refractivity contribution in [2.24, 2.45) is 0 Å². The molecule has 1 amide bonds. The first-order valence-electron chi connectivity index (χ1n) is 9.97. The summed E-state index contributed by atoms with van der Waals surface area (Å²) in [5, 5.41) is 0. The van der Waals surface area contributed by atoms with Crippen molar-refractivity contribution in [3.63, 3.8) is 0 Å². The molecule has 0 bridgehead atoms. The number of aryl methyl sites for hydroxylation is 1. The Balaban J connectivity index is 1.78. The van der Waals surface area contributed by atoms with Gasteiger partial charge in [-0.3, -0.25) is 4.79 Å². The molecule has 2 aromatic rings. The van der Waals surface area contributed by atoms with E-state index in [1.165, 1.54) is 5.56 Å². The molecule has 1 atom stereocenters. The maximum absolute atomic E-state index is 13.0. The Morgan fingerprint density at radius 2 is 1.89 bits per heavy atom. The van der Waals surface area contributed by atoms with Crippen LogP contribution in [0.1, 0.15) is 58.6 Å². The number of nitrogens with zero attached hydrogens (tertiary/aromatic N) is 2. The summed E-state index contributed by atoms with van der Waals surface area (Å²) in [5.41, 5.74) is 2.68. The van der Waals surface area contributed by atoms with Gasteiger partial charge in [-0.1, -0.05) is 32.9 Å². The monoisotopic (exact) mass is 384 g/mol. The molecule has 1 aliphatic heterocycles. The molecular weight excluding hydrogens is 352 g/mol. The molecule has 0 N–H and O–H groups in total. The highest BCUT2D eigenvalue weighted by Crippen LogP contribution is 2.28. The van der Waals surface area contributed by atoms with Crippen LogP contribution >= 0.6 is 0 Å². The van der Waals surface area contributed by atoms with Crippen molar-refractivity contribution >= 4 is 5.91 Å². The van der Waals surface area contributed by atoms with E-state index in [4.69, 9.17) is 9.15 Å². The third-order valence-electron chi connectivity index (χ3n) is 5.40. The quantitative estimate of drug-likeness (QED) is 0.781. The van der Waals surface area contributed by atoms with Crippen LogP contribution in [0.15, 0.2) is 28.7 Å². The maximum atomic E-state index is 13.0. The molecular formula is C23H32N2O3. The summed E-state index contributed by atoms with van der Waals surface area (Å²) in [6.45, 7) is 15.7. The Kier molecular flexibility index (Phi) is 5.41. The fourth-order valence-electron chi connectivity index (χ4n) is 3.49. The van der Waals surface area contributed by atoms with E-state index in [0.29, 0.717) is 30.5 Å². The molecule has 152 valence electrons. The number of carbonyl (C=O) groups is 1. The molecule has 0 radical (unpaired) electrons. The van der Waals surface area contributed by atoms with Gasteiger partial charge < -0.3 is 14.1 Å². The first-order chi connectivity index (χ1) is 13.0. The van der Waals surface area contributed by atoms with E-state index in [0.717, 1.165) is 5.56 Å². The normalized spacial score (nSPS) is 19.7. The van der Waals surface area contributed by atoms with Gasteiger partial charge in [0, 0.05) is 12.1 Å². The second-order valence-corrected chi connectivity index (χ2v) is 9.46. The van der Waals surface area contributed by atoms with Crippen molar-refractivity contribution in [1.82, 2.24) is 9.88 Å². The summed E-state index contributed by atoms with van der Waals surface area (Å²) in [6.07, 6.45) is 0.290. The standard InChI is InChI=1S/C23H32N2O3/c1-15-13-25(23(6,7)14-27-15)20(26)12-19-16(2)28-21(24-19)17-8-10-18(11-9-17)22(3,4)5/h8-11,15H,12-14H2,1-7H3. The largest absolute Gasteiger partial charge is 0.441 e. The predicted octanol–water partition coefficient (Wildman–Crippen LogP) is 4.52. The van der Waals surface area contributed by atoms with Gasteiger partial charge in [-0.15, -0.1) is 0 Å². The molecule has 5 heteroatoms. The highest BCUT2D eigenvalue weighted by atomic mass is 16.5. The average Bonchev–Trinajstić information content (AvgIpc) is 2.97. The zero-order chi connectivity index (χ0) is 20.7. The number of hydrogen-bond acceptors (Lipinski definition) is 4. The van der Waals surface area contributed by atoms with Gasteiger partial charge in [0.2, 0.25) is 11.8 Å². The lowest BCUT2D eigenvalue weighted by Gasteiger charge is -2.44. The minimum atomic E-state index is -0.313. The lowest BCUT2D eigenvalue weighted by molar-refractivity contribution is -0.152. The zero-order valence-electron chi connectivity index (χ0n) is 18.1. The molecule has 1 aliphatic rings. The first-order valence-corrected chi connectivity index (χ1v) is 9.97. The Morgan fingerprint density at radius 3 is 2.50 bits per heavy atom. The van der Waals surface area contributed by atoms with Crippen LogP contribution in [0.25, 0.3) is 11.5 Å². The van der Waals surface area contributed by atoms with E-state index >= 15 is 0 Å². The van der Waals surface area contributed by atoms with Crippen LogP contribution in [-0.4, -0.2) is 40.6 Å². The molecule has 0 saturated carbocycles. The molecule has 2 heterocycles. The smallest absolute Gasteiger partial charge is 0.229 e. The summed E-state index contributed by atoms with van der Waals surface area (Å²) < 4.78 is 11.6. The van der Waals surface area contributed by atoms with Gasteiger partial charge in [-0.2, -0.15) is 0 Å². The number of benzene rings is 1. The summed E-state index contributed by atoms with van der Waals surface area (Å²) >= 11 is 0. The number of morpholine rings is 1. The molecule has 1 fully saturated rings. The maximum Gasteiger partial charge on any atom is 0.229 e. The second-order valence-electron chi connectivity index (χ2n) is 9.46. The summed E-state index contributed by atoms with van der Waals surface area (Å²) in [7, 11) is 0. The van der Waals surface area contributed by atoms with Crippen LogP contribution in [0, 0.1) is 6.92 Å². The van der Waals surface area contributed by atoms with Crippen LogP contribution in [0.3, 0.4) is 0 Å². The average molecular weight is 385 g/mol. The van der Waals surface area contributed by atoms with E-state index in [1.54, 1.807) is 0 Å². The number of amides is 1. The summed E-state index contributed by atoms with van der Waals surface area (Å²) in [4.78, 5) is 19.5. The van der Waals surface area contributed by atoms with Crippen LogP contribution in [0.4, 0.5) is 0 Å². The number of hydrogen-bond donors (Lipinski definition) is 0. The molecule has 0 spiro atoms. The molecule has 3 rings (SSSR count). The van der Waals surface area contributed by atoms with Gasteiger partial charge in [0.15, 0.2) is 0 Å². The van der Waals surface area contributed by atoms with Gasteiger partial charge in [-0.05, 0) is 50.8 Å². The molecule has 5 nitrogen and oxygen atoms in total. The highest BCUT2D eigenvalue weighted by molar-refractivity contribution is 5.79. The van der Waals surface area contributed by atoms with E-state index < -0.39 is 0 Å². The molecule has 1 aromatic carbocycles.